The van der Waals surface area contributed by atoms with Crippen LogP contribution in [0.4, 0.5) is 0 Å². The van der Waals surface area contributed by atoms with Gasteiger partial charge in [-0.15, -0.1) is 0 Å². The van der Waals surface area contributed by atoms with E-state index < -0.39 is 0 Å². The third-order valence-corrected chi connectivity index (χ3v) is 2.72. The van der Waals surface area contributed by atoms with Crippen molar-refractivity contribution < 1.29 is 4.79 Å². The van der Waals surface area contributed by atoms with Gasteiger partial charge in [-0.3, -0.25) is 9.89 Å². The fourth-order valence-electron chi connectivity index (χ4n) is 1.79. The van der Waals surface area contributed by atoms with Crippen LogP contribution in [0.5, 0.6) is 0 Å². The Morgan fingerprint density at radius 3 is 3.00 bits per heavy atom. The Kier molecular flexibility index (Phi) is 3.34. The van der Waals surface area contributed by atoms with Crippen molar-refractivity contribution in [3.05, 3.63) is 18.0 Å². The molecule has 5 nitrogen and oxygen atoms in total. The van der Waals surface area contributed by atoms with E-state index in [1.807, 2.05) is 6.07 Å². The molecule has 1 amide bonds. The molecule has 0 spiro atoms. The highest BCUT2D eigenvalue weighted by atomic mass is 16.1. The topological polar surface area (TPSA) is 69.8 Å². The fourth-order valence-corrected chi connectivity index (χ4v) is 1.79. The molecule has 15 heavy (non-hydrogen) atoms. The molecule has 0 radical (unpaired) electrons. The molecule has 0 unspecified atom stereocenters. The lowest BCUT2D eigenvalue weighted by Crippen LogP contribution is -2.37. The molecular formula is C10H16N4O. The predicted molar refractivity (Wildman–Crippen MR) is 56.0 cm³/mol. The van der Waals surface area contributed by atoms with Gasteiger partial charge in [0.2, 0.25) is 5.91 Å². The van der Waals surface area contributed by atoms with Crippen LogP contribution in [0.1, 0.15) is 18.5 Å². The van der Waals surface area contributed by atoms with Gasteiger partial charge >= 0.3 is 0 Å². The summed E-state index contributed by atoms with van der Waals surface area (Å²) in [6, 6.07) is 1.86. The van der Waals surface area contributed by atoms with Crippen LogP contribution < -0.4 is 10.6 Å². The standard InChI is InChI=1S/C10H16N4O/c15-10(8-1-4-11-5-2-8)12-7-9-3-6-13-14-9/h3,6,8,11H,1-2,4-5,7H2,(H,12,15)(H,13,14). The maximum atomic E-state index is 11.7. The second-order valence-corrected chi connectivity index (χ2v) is 3.82. The van der Waals surface area contributed by atoms with E-state index >= 15 is 0 Å². The Morgan fingerprint density at radius 2 is 2.33 bits per heavy atom. The van der Waals surface area contributed by atoms with E-state index in [-0.39, 0.29) is 11.8 Å². The quantitative estimate of drug-likeness (QED) is 0.656. The van der Waals surface area contributed by atoms with Crippen LogP contribution in [0.15, 0.2) is 12.3 Å². The SMILES string of the molecule is O=C(NCc1ccn[nH]1)C1CCNCC1. The lowest BCUT2D eigenvalue weighted by molar-refractivity contribution is -0.125. The summed E-state index contributed by atoms with van der Waals surface area (Å²) in [6.45, 7) is 2.44. The van der Waals surface area contributed by atoms with Gasteiger partial charge in [0, 0.05) is 12.1 Å². The van der Waals surface area contributed by atoms with Crippen molar-refractivity contribution in [1.82, 2.24) is 20.8 Å². The van der Waals surface area contributed by atoms with Gasteiger partial charge in [0.05, 0.1) is 12.2 Å². The predicted octanol–water partition coefficient (Wildman–Crippen LogP) is 0.0255. The van der Waals surface area contributed by atoms with E-state index in [0.29, 0.717) is 6.54 Å². The molecule has 0 atom stereocenters. The first kappa shape index (κ1) is 10.2. The minimum atomic E-state index is 0.158. The number of piperidine rings is 1. The van der Waals surface area contributed by atoms with Crippen LogP contribution in [0.25, 0.3) is 0 Å². The van der Waals surface area contributed by atoms with Crippen molar-refractivity contribution in [3.63, 3.8) is 0 Å². The van der Waals surface area contributed by atoms with Crippen LogP contribution >= 0.6 is 0 Å². The summed E-state index contributed by atoms with van der Waals surface area (Å²) in [4.78, 5) is 11.7. The summed E-state index contributed by atoms with van der Waals surface area (Å²) in [5, 5.41) is 12.8. The highest BCUT2D eigenvalue weighted by molar-refractivity contribution is 5.78. The van der Waals surface area contributed by atoms with E-state index in [1.165, 1.54) is 0 Å². The Hall–Kier alpha value is -1.36. The molecule has 1 aromatic rings. The maximum absolute atomic E-state index is 11.7. The molecule has 3 N–H and O–H groups in total. The Bertz CT molecular complexity index is 303. The summed E-state index contributed by atoms with van der Waals surface area (Å²) in [5.74, 6) is 0.334. The number of aromatic amines is 1. The highest BCUT2D eigenvalue weighted by Gasteiger charge is 2.20. The zero-order valence-corrected chi connectivity index (χ0v) is 8.62. The van der Waals surface area contributed by atoms with Crippen molar-refractivity contribution in [2.75, 3.05) is 13.1 Å². The molecule has 1 aromatic heterocycles. The smallest absolute Gasteiger partial charge is 0.223 e. The summed E-state index contributed by atoms with van der Waals surface area (Å²) >= 11 is 0. The number of carbonyl (C=O) groups excluding carboxylic acids is 1. The Balaban J connectivity index is 1.76. The summed E-state index contributed by atoms with van der Waals surface area (Å²) in [7, 11) is 0. The monoisotopic (exact) mass is 208 g/mol. The largest absolute Gasteiger partial charge is 0.350 e. The van der Waals surface area contributed by atoms with Crippen molar-refractivity contribution in [2.24, 2.45) is 5.92 Å². The van der Waals surface area contributed by atoms with Crippen LogP contribution in [0.2, 0.25) is 0 Å². The van der Waals surface area contributed by atoms with Gasteiger partial charge in [0.15, 0.2) is 0 Å². The van der Waals surface area contributed by atoms with E-state index in [1.54, 1.807) is 6.20 Å². The zero-order valence-electron chi connectivity index (χ0n) is 8.62. The molecule has 1 aliphatic rings. The second-order valence-electron chi connectivity index (χ2n) is 3.82. The second kappa shape index (κ2) is 4.93. The fraction of sp³-hybridized carbons (Fsp3) is 0.600. The zero-order chi connectivity index (χ0) is 10.5. The number of hydrogen-bond acceptors (Lipinski definition) is 3. The third-order valence-electron chi connectivity index (χ3n) is 2.72. The van der Waals surface area contributed by atoms with Crippen molar-refractivity contribution in [2.45, 2.75) is 19.4 Å². The molecule has 0 saturated carbocycles. The van der Waals surface area contributed by atoms with Gasteiger partial charge in [-0.05, 0) is 32.0 Å². The number of nitrogens with one attached hydrogen (secondary N) is 3. The molecule has 0 bridgehead atoms. The average Bonchev–Trinajstić information content (AvgIpc) is 2.80. The molecule has 1 fully saturated rings. The molecule has 2 rings (SSSR count). The minimum Gasteiger partial charge on any atom is -0.350 e. The Labute approximate surface area is 88.6 Å². The van der Waals surface area contributed by atoms with Crippen molar-refractivity contribution in [3.8, 4) is 0 Å². The van der Waals surface area contributed by atoms with Gasteiger partial charge in [-0.1, -0.05) is 0 Å². The molecule has 5 heteroatoms. The first-order chi connectivity index (χ1) is 7.36. The first-order valence-electron chi connectivity index (χ1n) is 5.33. The molecular weight excluding hydrogens is 192 g/mol. The van der Waals surface area contributed by atoms with Gasteiger partial charge in [0.1, 0.15) is 0 Å². The molecule has 0 aliphatic carbocycles. The maximum Gasteiger partial charge on any atom is 0.223 e. The van der Waals surface area contributed by atoms with E-state index in [0.717, 1.165) is 31.6 Å². The highest BCUT2D eigenvalue weighted by Crippen LogP contribution is 2.11. The number of carbonyl (C=O) groups is 1. The summed E-state index contributed by atoms with van der Waals surface area (Å²) in [5.41, 5.74) is 0.942. The lowest BCUT2D eigenvalue weighted by Gasteiger charge is -2.21. The first-order valence-corrected chi connectivity index (χ1v) is 5.33. The molecule has 1 aliphatic heterocycles. The summed E-state index contributed by atoms with van der Waals surface area (Å²) in [6.07, 6.45) is 3.57. The van der Waals surface area contributed by atoms with Gasteiger partial charge in [0.25, 0.3) is 0 Å². The number of rotatable bonds is 3. The van der Waals surface area contributed by atoms with Crippen LogP contribution in [0, 0.1) is 5.92 Å². The number of hydrogen-bond donors (Lipinski definition) is 3. The molecule has 82 valence electrons. The number of amides is 1. The van der Waals surface area contributed by atoms with Crippen molar-refractivity contribution in [1.29, 1.82) is 0 Å². The van der Waals surface area contributed by atoms with Gasteiger partial charge < -0.3 is 10.6 Å². The van der Waals surface area contributed by atoms with Crippen LogP contribution in [-0.2, 0) is 11.3 Å². The van der Waals surface area contributed by atoms with Crippen LogP contribution in [0.3, 0.4) is 0 Å². The van der Waals surface area contributed by atoms with Gasteiger partial charge in [-0.25, -0.2) is 0 Å². The van der Waals surface area contributed by atoms with Crippen molar-refractivity contribution >= 4 is 5.91 Å². The molecule has 0 aromatic carbocycles. The van der Waals surface area contributed by atoms with E-state index in [4.69, 9.17) is 0 Å². The van der Waals surface area contributed by atoms with Crippen LogP contribution in [-0.4, -0.2) is 29.2 Å². The van der Waals surface area contributed by atoms with Gasteiger partial charge in [-0.2, -0.15) is 5.10 Å². The Morgan fingerprint density at radius 1 is 1.53 bits per heavy atom. The minimum absolute atomic E-state index is 0.158. The number of H-pyrrole nitrogens is 1. The lowest BCUT2D eigenvalue weighted by atomic mass is 9.97. The average molecular weight is 208 g/mol. The molecule has 1 saturated heterocycles. The normalized spacial score (nSPS) is 17.6. The third kappa shape index (κ3) is 2.79. The molecule has 2 heterocycles. The number of nitrogens with zero attached hydrogens (tertiary/aromatic N) is 1. The summed E-state index contributed by atoms with van der Waals surface area (Å²) < 4.78 is 0. The number of aromatic nitrogens is 2. The van der Waals surface area contributed by atoms with E-state index in [2.05, 4.69) is 20.8 Å². The van der Waals surface area contributed by atoms with E-state index in [9.17, 15) is 4.79 Å².